The highest BCUT2D eigenvalue weighted by Gasteiger charge is 2.17. The molecule has 0 amide bonds. The average molecular weight is 406 g/mol. The van der Waals surface area contributed by atoms with Crippen molar-refractivity contribution in [1.29, 1.82) is 0 Å². The van der Waals surface area contributed by atoms with E-state index in [0.29, 0.717) is 23.5 Å². The molecule has 0 aliphatic heterocycles. The van der Waals surface area contributed by atoms with Crippen LogP contribution in [0.5, 0.6) is 0 Å². The van der Waals surface area contributed by atoms with Crippen molar-refractivity contribution in [3.05, 3.63) is 58.0 Å². The van der Waals surface area contributed by atoms with Crippen LogP contribution in [0.2, 0.25) is 0 Å². The Balaban J connectivity index is 1.62. The number of aryl methyl sites for hydroxylation is 3. The minimum Gasteiger partial charge on any atom is -0.277 e. The molecule has 0 saturated carbocycles. The Bertz CT molecular complexity index is 1450. The van der Waals surface area contributed by atoms with Gasteiger partial charge in [-0.3, -0.25) is 18.2 Å². The highest BCUT2D eigenvalue weighted by molar-refractivity contribution is 7.98. The lowest BCUT2D eigenvalue weighted by atomic mass is 10.2. The molecule has 0 N–H and O–H groups in total. The molecule has 0 atom stereocenters. The number of fused-ring (bicyclic) bond motifs is 4. The Hall–Kier alpha value is -3.27. The summed E-state index contributed by atoms with van der Waals surface area (Å²) >= 11 is 1.51. The molecule has 0 spiro atoms. The van der Waals surface area contributed by atoms with E-state index < -0.39 is 0 Å². The van der Waals surface area contributed by atoms with E-state index in [0.717, 1.165) is 33.7 Å². The van der Waals surface area contributed by atoms with Gasteiger partial charge in [-0.2, -0.15) is 0 Å². The summed E-state index contributed by atoms with van der Waals surface area (Å²) < 4.78 is 5.53. The Morgan fingerprint density at radius 3 is 2.69 bits per heavy atom. The van der Waals surface area contributed by atoms with Crippen LogP contribution in [-0.2, 0) is 12.3 Å². The molecule has 146 valence electrons. The second kappa shape index (κ2) is 6.66. The summed E-state index contributed by atoms with van der Waals surface area (Å²) in [6.07, 6.45) is 0. The molecule has 0 radical (unpaired) electrons. The molecule has 0 saturated heterocycles. The molecule has 0 bridgehead atoms. The van der Waals surface area contributed by atoms with E-state index in [1.165, 1.54) is 11.8 Å². The normalized spacial score (nSPS) is 11.8. The van der Waals surface area contributed by atoms with Crippen molar-refractivity contribution in [3.63, 3.8) is 0 Å². The van der Waals surface area contributed by atoms with Crippen molar-refractivity contribution in [2.24, 2.45) is 0 Å². The third-order valence-electron chi connectivity index (χ3n) is 4.88. The molecule has 5 aromatic rings. The molecule has 4 aromatic heterocycles. The summed E-state index contributed by atoms with van der Waals surface area (Å²) in [6.45, 7) is 6.33. The van der Waals surface area contributed by atoms with Gasteiger partial charge in [-0.1, -0.05) is 23.9 Å². The van der Waals surface area contributed by atoms with E-state index in [2.05, 4.69) is 25.4 Å². The van der Waals surface area contributed by atoms with Gasteiger partial charge >= 0.3 is 0 Å². The molecular formula is C19H18N8OS. The van der Waals surface area contributed by atoms with Gasteiger partial charge in [0.1, 0.15) is 11.6 Å². The lowest BCUT2D eigenvalue weighted by molar-refractivity contribution is 0.735. The number of hydrogen-bond donors (Lipinski definition) is 0. The minimum absolute atomic E-state index is 0.0530. The molecule has 1 aromatic carbocycles. The van der Waals surface area contributed by atoms with Crippen molar-refractivity contribution < 1.29 is 0 Å². The molecule has 9 nitrogen and oxygen atoms in total. The molecule has 0 unspecified atom stereocenters. The van der Waals surface area contributed by atoms with E-state index in [4.69, 9.17) is 0 Å². The van der Waals surface area contributed by atoms with Crippen LogP contribution in [0.15, 0.2) is 40.3 Å². The predicted molar refractivity (Wildman–Crippen MR) is 110 cm³/mol. The fraction of sp³-hybridized carbons (Fsp3) is 0.263. The SMILES string of the molecule is CCn1c(=O)c2ccccc2n2c(CSc3nnc4cc(C)nc(C)n34)nnc12. The van der Waals surface area contributed by atoms with Crippen LogP contribution in [0.3, 0.4) is 0 Å². The van der Waals surface area contributed by atoms with Crippen LogP contribution in [0.4, 0.5) is 0 Å². The van der Waals surface area contributed by atoms with E-state index >= 15 is 0 Å². The first-order valence-electron chi connectivity index (χ1n) is 9.26. The van der Waals surface area contributed by atoms with E-state index in [1.54, 1.807) is 4.57 Å². The second-order valence-electron chi connectivity index (χ2n) is 6.73. The zero-order valence-corrected chi connectivity index (χ0v) is 17.0. The highest BCUT2D eigenvalue weighted by atomic mass is 32.2. The van der Waals surface area contributed by atoms with Gasteiger partial charge < -0.3 is 0 Å². The Kier molecular flexibility index (Phi) is 4.09. The summed E-state index contributed by atoms with van der Waals surface area (Å²) in [7, 11) is 0. The maximum Gasteiger partial charge on any atom is 0.262 e. The predicted octanol–water partition coefficient (Wildman–Crippen LogP) is 2.41. The summed E-state index contributed by atoms with van der Waals surface area (Å²) in [5.74, 6) is 2.66. The number of rotatable bonds is 4. The van der Waals surface area contributed by atoms with E-state index in [9.17, 15) is 4.79 Å². The highest BCUT2D eigenvalue weighted by Crippen LogP contribution is 2.24. The lowest BCUT2D eigenvalue weighted by Crippen LogP contribution is -2.22. The maximum atomic E-state index is 12.8. The first-order chi connectivity index (χ1) is 14.1. The van der Waals surface area contributed by atoms with Crippen LogP contribution in [0.1, 0.15) is 24.3 Å². The molecule has 10 heteroatoms. The van der Waals surface area contributed by atoms with E-state index in [-0.39, 0.29) is 5.56 Å². The molecule has 5 rings (SSSR count). The van der Waals surface area contributed by atoms with Crippen molar-refractivity contribution in [2.45, 2.75) is 38.2 Å². The van der Waals surface area contributed by atoms with Crippen molar-refractivity contribution >= 4 is 34.1 Å². The Morgan fingerprint density at radius 2 is 1.86 bits per heavy atom. The zero-order chi connectivity index (χ0) is 20.1. The smallest absolute Gasteiger partial charge is 0.262 e. The minimum atomic E-state index is -0.0530. The van der Waals surface area contributed by atoms with Gasteiger partial charge in [0.15, 0.2) is 10.8 Å². The van der Waals surface area contributed by atoms with E-state index in [1.807, 2.05) is 59.9 Å². The summed E-state index contributed by atoms with van der Waals surface area (Å²) in [6, 6.07) is 9.45. The standard InChI is InChI=1S/C19H18N8OS/c1-4-25-17(28)13-7-5-6-8-14(13)27-16(22-23-18(25)27)10-29-19-24-21-15-9-11(2)20-12(3)26(15)19/h5-9H,4,10H2,1-3H3. The average Bonchev–Trinajstić information content (AvgIpc) is 3.31. The number of nitrogens with zero attached hydrogens (tertiary/aromatic N) is 8. The molecule has 4 heterocycles. The Morgan fingerprint density at radius 1 is 1.03 bits per heavy atom. The second-order valence-corrected chi connectivity index (χ2v) is 7.67. The monoisotopic (exact) mass is 406 g/mol. The summed E-state index contributed by atoms with van der Waals surface area (Å²) in [5.41, 5.74) is 2.43. The number of benzene rings is 1. The number of aromatic nitrogens is 8. The topological polar surface area (TPSA) is 95.3 Å². The number of thioether (sulfide) groups is 1. The first-order valence-corrected chi connectivity index (χ1v) is 10.2. The number of para-hydroxylation sites is 1. The summed E-state index contributed by atoms with van der Waals surface area (Å²) in [5, 5.41) is 18.6. The molecule has 29 heavy (non-hydrogen) atoms. The quantitative estimate of drug-likeness (QED) is 0.423. The zero-order valence-electron chi connectivity index (χ0n) is 16.2. The fourth-order valence-electron chi connectivity index (χ4n) is 3.62. The molecule has 0 aliphatic carbocycles. The van der Waals surface area contributed by atoms with Crippen LogP contribution in [-0.4, -0.2) is 38.7 Å². The van der Waals surface area contributed by atoms with Gasteiger partial charge in [0.05, 0.1) is 16.7 Å². The van der Waals surface area contributed by atoms with Gasteiger partial charge in [0, 0.05) is 18.3 Å². The van der Waals surface area contributed by atoms with Gasteiger partial charge in [0.25, 0.3) is 5.56 Å². The molecule has 0 fully saturated rings. The van der Waals surface area contributed by atoms with Crippen molar-refractivity contribution in [2.75, 3.05) is 0 Å². The van der Waals surface area contributed by atoms with Crippen LogP contribution in [0, 0.1) is 13.8 Å². The first kappa shape index (κ1) is 17.8. The fourth-order valence-corrected chi connectivity index (χ4v) is 4.52. The lowest BCUT2D eigenvalue weighted by Gasteiger charge is -2.09. The van der Waals surface area contributed by atoms with Crippen molar-refractivity contribution in [1.82, 2.24) is 38.7 Å². The van der Waals surface area contributed by atoms with Crippen LogP contribution in [0.25, 0.3) is 22.3 Å². The van der Waals surface area contributed by atoms with Crippen LogP contribution < -0.4 is 5.56 Å². The molecular weight excluding hydrogens is 388 g/mol. The third-order valence-corrected chi connectivity index (χ3v) is 5.80. The van der Waals surface area contributed by atoms with Gasteiger partial charge in [0.2, 0.25) is 5.78 Å². The van der Waals surface area contributed by atoms with Crippen LogP contribution >= 0.6 is 11.8 Å². The van der Waals surface area contributed by atoms with Gasteiger partial charge in [-0.05, 0) is 32.9 Å². The largest absolute Gasteiger partial charge is 0.277 e. The summed E-state index contributed by atoms with van der Waals surface area (Å²) in [4.78, 5) is 17.3. The maximum absolute atomic E-state index is 12.8. The van der Waals surface area contributed by atoms with Crippen molar-refractivity contribution in [3.8, 4) is 0 Å². The van der Waals surface area contributed by atoms with Gasteiger partial charge in [-0.15, -0.1) is 20.4 Å². The number of hydrogen-bond acceptors (Lipinski definition) is 7. The molecule has 0 aliphatic rings. The Labute approximate surface area is 169 Å². The third kappa shape index (κ3) is 2.70. The van der Waals surface area contributed by atoms with Gasteiger partial charge in [-0.25, -0.2) is 4.98 Å².